The van der Waals surface area contributed by atoms with Crippen LogP contribution in [0.15, 0.2) is 21.5 Å². The van der Waals surface area contributed by atoms with E-state index in [-0.39, 0.29) is 17.4 Å². The molecule has 4 rings (SSSR count). The molecular formula is C18H22N4O3. The molecule has 1 saturated heterocycles. The Labute approximate surface area is 145 Å². The number of nitrogens with one attached hydrogen (secondary N) is 1. The summed E-state index contributed by atoms with van der Waals surface area (Å²) < 4.78 is 5.36. The van der Waals surface area contributed by atoms with Gasteiger partial charge in [0.25, 0.3) is 5.89 Å². The van der Waals surface area contributed by atoms with Gasteiger partial charge in [-0.3, -0.25) is 9.59 Å². The fourth-order valence-electron chi connectivity index (χ4n) is 3.54. The van der Waals surface area contributed by atoms with E-state index < -0.39 is 0 Å². The van der Waals surface area contributed by atoms with Crippen LogP contribution in [-0.4, -0.2) is 39.0 Å². The van der Waals surface area contributed by atoms with Gasteiger partial charge >= 0.3 is 0 Å². The van der Waals surface area contributed by atoms with Gasteiger partial charge in [0.1, 0.15) is 0 Å². The van der Waals surface area contributed by atoms with E-state index in [9.17, 15) is 9.59 Å². The topological polar surface area (TPSA) is 92.1 Å². The first-order valence-corrected chi connectivity index (χ1v) is 8.97. The normalized spacial score (nSPS) is 20.9. The van der Waals surface area contributed by atoms with E-state index in [0.717, 1.165) is 18.7 Å². The Balaban J connectivity index is 1.50. The van der Waals surface area contributed by atoms with E-state index in [1.807, 2.05) is 17.9 Å². The summed E-state index contributed by atoms with van der Waals surface area (Å²) in [5.41, 5.74) is 1.26. The molecule has 3 heterocycles. The van der Waals surface area contributed by atoms with Gasteiger partial charge in [0.15, 0.2) is 5.82 Å². The lowest BCUT2D eigenvalue weighted by Crippen LogP contribution is -2.33. The number of likely N-dealkylation sites (tertiary alicyclic amines) is 1. The quantitative estimate of drug-likeness (QED) is 0.898. The summed E-state index contributed by atoms with van der Waals surface area (Å²) in [7, 11) is 0. The zero-order chi connectivity index (χ0) is 17.4. The summed E-state index contributed by atoms with van der Waals surface area (Å²) >= 11 is 0. The Bertz CT molecular complexity index is 837. The molecule has 1 N–H and O–H groups in total. The van der Waals surface area contributed by atoms with Crippen LogP contribution in [0.3, 0.4) is 0 Å². The highest BCUT2D eigenvalue weighted by atomic mass is 16.5. The van der Waals surface area contributed by atoms with Crippen molar-refractivity contribution in [1.82, 2.24) is 20.0 Å². The smallest absolute Gasteiger partial charge is 0.258 e. The second kappa shape index (κ2) is 6.46. The van der Waals surface area contributed by atoms with E-state index in [2.05, 4.69) is 15.1 Å². The second-order valence-electron chi connectivity index (χ2n) is 7.07. The molecule has 0 radical (unpaired) electrons. The third-order valence-corrected chi connectivity index (χ3v) is 5.25. The second-order valence-corrected chi connectivity index (χ2v) is 7.07. The van der Waals surface area contributed by atoms with Gasteiger partial charge in [-0.05, 0) is 31.2 Å². The van der Waals surface area contributed by atoms with Crippen molar-refractivity contribution in [3.63, 3.8) is 0 Å². The maximum absolute atomic E-state index is 12.2. The molecular weight excluding hydrogens is 320 g/mol. The van der Waals surface area contributed by atoms with Gasteiger partial charge in [-0.15, -0.1) is 0 Å². The van der Waals surface area contributed by atoms with Crippen LogP contribution >= 0.6 is 0 Å². The molecule has 2 aliphatic rings. The van der Waals surface area contributed by atoms with Crippen molar-refractivity contribution in [2.24, 2.45) is 5.92 Å². The lowest BCUT2D eigenvalue weighted by Gasteiger charge is -2.30. The van der Waals surface area contributed by atoms with E-state index in [1.165, 1.54) is 25.3 Å². The average Bonchev–Trinajstić information content (AvgIpc) is 3.17. The van der Waals surface area contributed by atoms with Gasteiger partial charge in [0.2, 0.25) is 11.5 Å². The third-order valence-electron chi connectivity index (χ3n) is 5.25. The van der Waals surface area contributed by atoms with Gasteiger partial charge in [-0.1, -0.05) is 18.5 Å². The van der Waals surface area contributed by atoms with Gasteiger partial charge in [-0.2, -0.15) is 4.98 Å². The Hall–Kier alpha value is -2.44. The van der Waals surface area contributed by atoms with Crippen molar-refractivity contribution in [2.75, 3.05) is 13.1 Å². The highest BCUT2D eigenvalue weighted by Crippen LogP contribution is 2.32. The standard InChI is InChI=1S/C18H22N4O3/c1-2-14-6-12(7-15(23)19-14)18-20-17(21-25-18)13-8-16(24)22(10-13)9-11-4-3-5-11/h6-7,11,13H,2-5,8-10H2,1H3,(H,19,23). The molecule has 1 unspecified atom stereocenters. The predicted octanol–water partition coefficient (Wildman–Crippen LogP) is 2.10. The van der Waals surface area contributed by atoms with Crippen molar-refractivity contribution in [3.05, 3.63) is 34.0 Å². The molecule has 1 aliphatic heterocycles. The Kier molecular flexibility index (Phi) is 4.15. The summed E-state index contributed by atoms with van der Waals surface area (Å²) in [4.78, 5) is 33.1. The van der Waals surface area contributed by atoms with Gasteiger partial charge in [0, 0.05) is 42.8 Å². The lowest BCUT2D eigenvalue weighted by atomic mass is 9.85. The number of rotatable bonds is 5. The molecule has 7 nitrogen and oxygen atoms in total. The summed E-state index contributed by atoms with van der Waals surface area (Å²) in [6, 6.07) is 3.31. The molecule has 0 bridgehead atoms. The van der Waals surface area contributed by atoms with E-state index in [0.29, 0.717) is 36.2 Å². The fourth-order valence-corrected chi connectivity index (χ4v) is 3.54. The van der Waals surface area contributed by atoms with Crippen LogP contribution in [0, 0.1) is 5.92 Å². The van der Waals surface area contributed by atoms with E-state index >= 15 is 0 Å². The number of nitrogens with zero attached hydrogens (tertiary/aromatic N) is 3. The van der Waals surface area contributed by atoms with Gasteiger partial charge in [0.05, 0.1) is 0 Å². The average molecular weight is 342 g/mol. The van der Waals surface area contributed by atoms with E-state index in [1.54, 1.807) is 0 Å². The maximum atomic E-state index is 12.2. The summed E-state index contributed by atoms with van der Waals surface area (Å²) in [6.07, 6.45) is 4.88. The monoisotopic (exact) mass is 342 g/mol. The number of H-pyrrole nitrogens is 1. The van der Waals surface area contributed by atoms with Crippen molar-refractivity contribution >= 4 is 5.91 Å². The minimum atomic E-state index is -0.184. The van der Waals surface area contributed by atoms with E-state index in [4.69, 9.17) is 4.52 Å². The molecule has 2 fully saturated rings. The minimum Gasteiger partial charge on any atom is -0.342 e. The number of carbonyl (C=O) groups excluding carboxylic acids is 1. The highest BCUT2D eigenvalue weighted by molar-refractivity contribution is 5.79. The maximum Gasteiger partial charge on any atom is 0.258 e. The Morgan fingerprint density at radius 3 is 2.88 bits per heavy atom. The number of aromatic nitrogens is 3. The zero-order valence-electron chi connectivity index (χ0n) is 14.3. The first-order chi connectivity index (χ1) is 12.1. The Morgan fingerprint density at radius 2 is 2.16 bits per heavy atom. The minimum absolute atomic E-state index is 0.0299. The summed E-state index contributed by atoms with van der Waals surface area (Å²) in [5.74, 6) is 1.69. The predicted molar refractivity (Wildman–Crippen MR) is 91.0 cm³/mol. The lowest BCUT2D eigenvalue weighted by molar-refractivity contribution is -0.128. The Morgan fingerprint density at radius 1 is 1.32 bits per heavy atom. The number of carbonyl (C=O) groups is 1. The number of aromatic amines is 1. The van der Waals surface area contributed by atoms with Crippen molar-refractivity contribution in [1.29, 1.82) is 0 Å². The van der Waals surface area contributed by atoms with Crippen LogP contribution in [-0.2, 0) is 11.2 Å². The SMILES string of the molecule is CCc1cc(-c2nc(C3CC(=O)N(CC4CCC4)C3)no2)cc(=O)[nH]1. The molecule has 0 spiro atoms. The van der Waals surface area contributed by atoms with Crippen LogP contribution in [0.2, 0.25) is 0 Å². The van der Waals surface area contributed by atoms with Crippen LogP contribution in [0.1, 0.15) is 50.0 Å². The van der Waals surface area contributed by atoms with Crippen molar-refractivity contribution in [2.45, 2.75) is 44.9 Å². The van der Waals surface area contributed by atoms with Crippen LogP contribution in [0.5, 0.6) is 0 Å². The molecule has 2 aromatic rings. The zero-order valence-corrected chi connectivity index (χ0v) is 14.3. The summed E-state index contributed by atoms with van der Waals surface area (Å²) in [6.45, 7) is 3.48. The molecule has 0 aromatic carbocycles. The first-order valence-electron chi connectivity index (χ1n) is 8.97. The molecule has 1 amide bonds. The fraction of sp³-hybridized carbons (Fsp3) is 0.556. The number of hydrogen-bond acceptors (Lipinski definition) is 5. The van der Waals surface area contributed by atoms with Gasteiger partial charge in [-0.25, -0.2) is 0 Å². The first kappa shape index (κ1) is 16.1. The highest BCUT2D eigenvalue weighted by Gasteiger charge is 2.35. The van der Waals surface area contributed by atoms with Crippen LogP contribution in [0.25, 0.3) is 11.5 Å². The van der Waals surface area contributed by atoms with Crippen molar-refractivity contribution in [3.8, 4) is 11.5 Å². The molecule has 1 saturated carbocycles. The largest absolute Gasteiger partial charge is 0.342 e. The van der Waals surface area contributed by atoms with Crippen molar-refractivity contribution < 1.29 is 9.32 Å². The molecule has 2 aromatic heterocycles. The van der Waals surface area contributed by atoms with Gasteiger partial charge < -0.3 is 14.4 Å². The molecule has 1 atom stereocenters. The molecule has 132 valence electrons. The number of amides is 1. The number of pyridine rings is 1. The molecule has 7 heteroatoms. The van der Waals surface area contributed by atoms with Crippen LogP contribution in [0.4, 0.5) is 0 Å². The van der Waals surface area contributed by atoms with Crippen LogP contribution < -0.4 is 5.56 Å². The number of hydrogen-bond donors (Lipinski definition) is 1. The number of aryl methyl sites for hydroxylation is 1. The molecule has 25 heavy (non-hydrogen) atoms. The third kappa shape index (κ3) is 3.23. The molecule has 1 aliphatic carbocycles. The summed E-state index contributed by atoms with van der Waals surface area (Å²) in [5, 5.41) is 4.06.